The van der Waals surface area contributed by atoms with Gasteiger partial charge in [0.2, 0.25) is 0 Å². The molecule has 1 unspecified atom stereocenters. The molecule has 2 heterocycles. The fourth-order valence-electron chi connectivity index (χ4n) is 3.34. The van der Waals surface area contributed by atoms with Gasteiger partial charge in [-0.3, -0.25) is 9.67 Å². The quantitative estimate of drug-likeness (QED) is 0.540. The van der Waals surface area contributed by atoms with Gasteiger partial charge in [0.05, 0.1) is 5.69 Å². The average molecular weight is 386 g/mol. The molecule has 2 aromatic rings. The molecule has 0 saturated carbocycles. The van der Waals surface area contributed by atoms with E-state index in [2.05, 4.69) is 77.4 Å². The maximum atomic E-state index is 4.58. The first-order valence-corrected chi connectivity index (χ1v) is 10.1. The molecule has 2 aromatic heterocycles. The van der Waals surface area contributed by atoms with E-state index in [1.54, 1.807) is 7.05 Å². The summed E-state index contributed by atoms with van der Waals surface area (Å²) in [5, 5.41) is 11.4. The highest BCUT2D eigenvalue weighted by molar-refractivity contribution is 5.79. The van der Waals surface area contributed by atoms with Crippen LogP contribution < -0.4 is 15.5 Å². The van der Waals surface area contributed by atoms with Gasteiger partial charge in [-0.25, -0.2) is 4.98 Å². The Bertz CT molecular complexity index is 773. The van der Waals surface area contributed by atoms with Crippen molar-refractivity contribution in [3.05, 3.63) is 40.8 Å². The zero-order valence-electron chi connectivity index (χ0n) is 18.4. The summed E-state index contributed by atoms with van der Waals surface area (Å²) in [4.78, 5) is 11.2. The van der Waals surface area contributed by atoms with Crippen LogP contribution in [0.5, 0.6) is 0 Å². The van der Waals surface area contributed by atoms with Crippen LogP contribution in [0.4, 0.5) is 5.82 Å². The second kappa shape index (κ2) is 10.1. The fraction of sp³-hybridized carbons (Fsp3) is 0.571. The number of aliphatic imine (C=N–C) groups is 1. The van der Waals surface area contributed by atoms with Crippen molar-refractivity contribution in [2.24, 2.45) is 12.0 Å². The minimum atomic E-state index is 0.246. The van der Waals surface area contributed by atoms with Gasteiger partial charge < -0.3 is 15.5 Å². The molecule has 0 aliphatic heterocycles. The van der Waals surface area contributed by atoms with Crippen LogP contribution in [-0.2, 0) is 20.0 Å². The highest BCUT2D eigenvalue weighted by Crippen LogP contribution is 2.14. The number of anilines is 1. The second-order valence-corrected chi connectivity index (χ2v) is 7.15. The van der Waals surface area contributed by atoms with Crippen molar-refractivity contribution in [1.29, 1.82) is 0 Å². The lowest BCUT2D eigenvalue weighted by Gasteiger charge is -2.20. The summed E-state index contributed by atoms with van der Waals surface area (Å²) in [6.07, 6.45) is 2.84. The number of nitrogens with zero attached hydrogens (tertiary/aromatic N) is 5. The predicted molar refractivity (Wildman–Crippen MR) is 117 cm³/mol. The summed E-state index contributed by atoms with van der Waals surface area (Å²) in [6.45, 7) is 13.2. The topological polar surface area (TPSA) is 70.4 Å². The van der Waals surface area contributed by atoms with Crippen molar-refractivity contribution >= 4 is 11.8 Å². The molecule has 0 radical (unpaired) electrons. The Morgan fingerprint density at radius 3 is 2.46 bits per heavy atom. The molecule has 2 rings (SSSR count). The third-order valence-electron chi connectivity index (χ3n) is 5.13. The van der Waals surface area contributed by atoms with Gasteiger partial charge in [-0.15, -0.1) is 0 Å². The first kappa shape index (κ1) is 21.7. The van der Waals surface area contributed by atoms with Gasteiger partial charge in [-0.2, -0.15) is 5.10 Å². The monoisotopic (exact) mass is 385 g/mol. The van der Waals surface area contributed by atoms with Crippen molar-refractivity contribution in [2.45, 2.75) is 53.6 Å². The Morgan fingerprint density at radius 2 is 1.96 bits per heavy atom. The van der Waals surface area contributed by atoms with E-state index in [1.807, 2.05) is 17.9 Å². The lowest BCUT2D eigenvalue weighted by molar-refractivity contribution is 0.635. The van der Waals surface area contributed by atoms with E-state index in [0.29, 0.717) is 6.54 Å². The predicted octanol–water partition coefficient (Wildman–Crippen LogP) is 2.57. The Kier molecular flexibility index (Phi) is 7.84. The molecule has 0 saturated heterocycles. The van der Waals surface area contributed by atoms with Crippen LogP contribution in [0.2, 0.25) is 0 Å². The second-order valence-electron chi connectivity index (χ2n) is 7.15. The molecule has 1 atom stereocenters. The third-order valence-corrected chi connectivity index (χ3v) is 5.13. The molecule has 0 aromatic carbocycles. The molecule has 0 bridgehead atoms. The minimum absolute atomic E-state index is 0.246. The van der Waals surface area contributed by atoms with Gasteiger partial charge in [-0.05, 0) is 58.2 Å². The summed E-state index contributed by atoms with van der Waals surface area (Å²) < 4.78 is 1.94. The first-order chi connectivity index (χ1) is 13.4. The number of aromatic nitrogens is 3. The molecular formula is C21H35N7. The molecule has 0 amide bonds. The SMILES string of the molecule is CCN(CC)c1ccc(CNC(=NC)NC(C)Cc2c(C)nn(C)c2C)cn1. The van der Waals surface area contributed by atoms with Gasteiger partial charge in [0.15, 0.2) is 5.96 Å². The number of hydrogen-bond donors (Lipinski definition) is 2. The van der Waals surface area contributed by atoms with Crippen molar-refractivity contribution < 1.29 is 0 Å². The number of pyridine rings is 1. The molecule has 2 N–H and O–H groups in total. The first-order valence-electron chi connectivity index (χ1n) is 10.1. The Morgan fingerprint density at radius 1 is 1.25 bits per heavy atom. The number of aryl methyl sites for hydroxylation is 2. The molecule has 0 fully saturated rings. The van der Waals surface area contributed by atoms with Crippen molar-refractivity contribution in [1.82, 2.24) is 25.4 Å². The minimum Gasteiger partial charge on any atom is -0.357 e. The third kappa shape index (κ3) is 5.47. The maximum absolute atomic E-state index is 4.58. The van der Waals surface area contributed by atoms with E-state index in [-0.39, 0.29) is 6.04 Å². The largest absolute Gasteiger partial charge is 0.357 e. The molecule has 0 aliphatic carbocycles. The van der Waals surface area contributed by atoms with E-state index >= 15 is 0 Å². The van der Waals surface area contributed by atoms with Crippen LogP contribution in [0.25, 0.3) is 0 Å². The Labute approximate surface area is 169 Å². The summed E-state index contributed by atoms with van der Waals surface area (Å²) >= 11 is 0. The summed E-state index contributed by atoms with van der Waals surface area (Å²) in [7, 11) is 3.79. The summed E-state index contributed by atoms with van der Waals surface area (Å²) in [5.41, 5.74) is 4.74. The van der Waals surface area contributed by atoms with Crippen molar-refractivity contribution in [3.63, 3.8) is 0 Å². The zero-order valence-corrected chi connectivity index (χ0v) is 18.4. The van der Waals surface area contributed by atoms with Crippen LogP contribution >= 0.6 is 0 Å². The lowest BCUT2D eigenvalue weighted by atomic mass is 10.1. The molecular weight excluding hydrogens is 350 g/mol. The molecule has 7 nitrogen and oxygen atoms in total. The Balaban J connectivity index is 1.90. The molecule has 28 heavy (non-hydrogen) atoms. The zero-order chi connectivity index (χ0) is 20.7. The van der Waals surface area contributed by atoms with Gasteiger partial charge in [0.25, 0.3) is 0 Å². The van der Waals surface area contributed by atoms with Gasteiger partial charge >= 0.3 is 0 Å². The number of hydrogen-bond acceptors (Lipinski definition) is 4. The number of nitrogens with one attached hydrogen (secondary N) is 2. The lowest BCUT2D eigenvalue weighted by Crippen LogP contribution is -2.42. The van der Waals surface area contributed by atoms with Crippen molar-refractivity contribution in [2.75, 3.05) is 25.0 Å². The molecule has 7 heteroatoms. The maximum Gasteiger partial charge on any atom is 0.191 e. The number of guanidine groups is 1. The van der Waals surface area contributed by atoms with Gasteiger partial charge in [0, 0.05) is 51.7 Å². The van der Waals surface area contributed by atoms with E-state index < -0.39 is 0 Å². The van der Waals surface area contributed by atoms with Crippen molar-refractivity contribution in [3.8, 4) is 0 Å². The Hall–Kier alpha value is -2.57. The highest BCUT2D eigenvalue weighted by Gasteiger charge is 2.14. The van der Waals surface area contributed by atoms with Crippen LogP contribution in [0, 0.1) is 13.8 Å². The van der Waals surface area contributed by atoms with Gasteiger partial charge in [0.1, 0.15) is 5.82 Å². The molecule has 0 spiro atoms. The highest BCUT2D eigenvalue weighted by atomic mass is 15.3. The van der Waals surface area contributed by atoms with Crippen LogP contribution in [0.3, 0.4) is 0 Å². The van der Waals surface area contributed by atoms with E-state index in [9.17, 15) is 0 Å². The average Bonchev–Trinajstić information content (AvgIpc) is 2.93. The normalized spacial score (nSPS) is 12.8. The van der Waals surface area contributed by atoms with Crippen LogP contribution in [-0.4, -0.2) is 46.9 Å². The van der Waals surface area contributed by atoms with Gasteiger partial charge in [-0.1, -0.05) is 6.07 Å². The van der Waals surface area contributed by atoms with Crippen LogP contribution in [0.1, 0.15) is 43.3 Å². The van der Waals surface area contributed by atoms with E-state index in [0.717, 1.165) is 42.5 Å². The summed E-state index contributed by atoms with van der Waals surface area (Å²) in [5.74, 6) is 1.81. The van der Waals surface area contributed by atoms with E-state index in [4.69, 9.17) is 0 Å². The molecule has 0 aliphatic rings. The number of rotatable bonds is 8. The van der Waals surface area contributed by atoms with E-state index in [1.165, 1.54) is 11.3 Å². The standard InChI is InChI=1S/C21H35N7/c1-8-28(9-2)20-11-10-18(13-23-20)14-24-21(22-6)25-15(3)12-19-16(4)26-27(7)17(19)5/h10-11,13,15H,8-9,12,14H2,1-7H3,(H2,22,24,25). The smallest absolute Gasteiger partial charge is 0.191 e. The van der Waals surface area contributed by atoms with Crippen LogP contribution in [0.15, 0.2) is 23.3 Å². The molecule has 154 valence electrons. The fourth-order valence-corrected chi connectivity index (χ4v) is 3.34. The summed E-state index contributed by atoms with van der Waals surface area (Å²) in [6, 6.07) is 4.44.